The highest BCUT2D eigenvalue weighted by molar-refractivity contribution is 8.13. The first kappa shape index (κ1) is 15.0. The van der Waals surface area contributed by atoms with Crippen molar-refractivity contribution >= 4 is 28.4 Å². The molecular weight excluding hydrogens is 284 g/mol. The number of hydrogen-bond acceptors (Lipinski definition) is 3. The summed E-state index contributed by atoms with van der Waals surface area (Å²) in [7, 11) is 0. The molecule has 0 bridgehead atoms. The smallest absolute Gasteiger partial charge is 0.283 e. The Balaban J connectivity index is 1.86. The van der Waals surface area contributed by atoms with Gasteiger partial charge >= 0.3 is 0 Å². The van der Waals surface area contributed by atoms with E-state index in [1.807, 2.05) is 43.3 Å². The molecule has 0 aliphatic heterocycles. The molecule has 0 aliphatic carbocycles. The SMILES string of the molecule is Cc1ccc(NC(=O)SCc2ccc(N=[N+]=[N-])cc2)cc1. The average Bonchev–Trinajstić information content (AvgIpc) is 2.49. The van der Waals surface area contributed by atoms with Gasteiger partial charge in [-0.3, -0.25) is 4.79 Å². The summed E-state index contributed by atoms with van der Waals surface area (Å²) in [5.41, 5.74) is 11.8. The van der Waals surface area contributed by atoms with Crippen LogP contribution in [0.2, 0.25) is 0 Å². The van der Waals surface area contributed by atoms with Crippen LogP contribution in [0.25, 0.3) is 10.4 Å². The van der Waals surface area contributed by atoms with Crippen molar-refractivity contribution in [2.45, 2.75) is 12.7 Å². The standard InChI is InChI=1S/C15H14N4OS/c1-11-2-6-13(7-3-11)17-15(20)21-10-12-4-8-14(9-5-12)18-19-16/h2-9H,10H2,1H3,(H,17,20). The van der Waals surface area contributed by atoms with Crippen LogP contribution in [0, 0.1) is 6.92 Å². The molecule has 0 heterocycles. The topological polar surface area (TPSA) is 77.9 Å². The van der Waals surface area contributed by atoms with Crippen LogP contribution in [-0.4, -0.2) is 5.24 Å². The fourth-order valence-corrected chi connectivity index (χ4v) is 2.33. The van der Waals surface area contributed by atoms with E-state index in [4.69, 9.17) is 5.53 Å². The van der Waals surface area contributed by atoms with Crippen LogP contribution in [0.5, 0.6) is 0 Å². The lowest BCUT2D eigenvalue weighted by molar-refractivity contribution is 0.269. The third-order valence-electron chi connectivity index (χ3n) is 2.76. The minimum atomic E-state index is -0.0991. The van der Waals surface area contributed by atoms with Crippen molar-refractivity contribution in [3.05, 3.63) is 70.1 Å². The summed E-state index contributed by atoms with van der Waals surface area (Å²) in [6.07, 6.45) is 0. The summed E-state index contributed by atoms with van der Waals surface area (Å²) in [6, 6.07) is 14.8. The van der Waals surface area contributed by atoms with Crippen LogP contribution in [-0.2, 0) is 5.75 Å². The van der Waals surface area contributed by atoms with Gasteiger partial charge in [-0.1, -0.05) is 58.8 Å². The molecule has 5 nitrogen and oxygen atoms in total. The predicted molar refractivity (Wildman–Crippen MR) is 86.7 cm³/mol. The predicted octanol–water partition coefficient (Wildman–Crippen LogP) is 5.40. The molecule has 0 saturated carbocycles. The van der Waals surface area contributed by atoms with Crippen molar-refractivity contribution in [3.8, 4) is 0 Å². The maximum Gasteiger partial charge on any atom is 0.283 e. The number of nitrogens with zero attached hydrogens (tertiary/aromatic N) is 3. The lowest BCUT2D eigenvalue weighted by atomic mass is 10.2. The maximum atomic E-state index is 11.8. The average molecular weight is 298 g/mol. The number of nitrogens with one attached hydrogen (secondary N) is 1. The van der Waals surface area contributed by atoms with Crippen molar-refractivity contribution in [3.63, 3.8) is 0 Å². The second kappa shape index (κ2) is 7.38. The molecule has 0 aromatic heterocycles. The summed E-state index contributed by atoms with van der Waals surface area (Å²) in [5.74, 6) is 0.564. The van der Waals surface area contributed by atoms with Gasteiger partial charge in [-0.05, 0) is 30.2 Å². The zero-order chi connectivity index (χ0) is 15.1. The van der Waals surface area contributed by atoms with Gasteiger partial charge in [0.15, 0.2) is 0 Å². The van der Waals surface area contributed by atoms with Gasteiger partial charge < -0.3 is 5.32 Å². The second-order valence-electron chi connectivity index (χ2n) is 4.42. The number of carbonyl (C=O) groups excluding carboxylic acids is 1. The Morgan fingerprint density at radius 1 is 1.19 bits per heavy atom. The number of thioether (sulfide) groups is 1. The highest BCUT2D eigenvalue weighted by Crippen LogP contribution is 2.19. The molecule has 1 N–H and O–H groups in total. The van der Waals surface area contributed by atoms with Crippen molar-refractivity contribution in [1.82, 2.24) is 0 Å². The summed E-state index contributed by atoms with van der Waals surface area (Å²) in [6.45, 7) is 2.00. The molecule has 0 saturated heterocycles. The Labute approximate surface area is 127 Å². The Kier molecular flexibility index (Phi) is 5.26. The summed E-state index contributed by atoms with van der Waals surface area (Å²) < 4.78 is 0. The molecule has 2 aromatic carbocycles. The lowest BCUT2D eigenvalue weighted by Crippen LogP contribution is -2.04. The van der Waals surface area contributed by atoms with Gasteiger partial charge in [0.25, 0.3) is 5.24 Å². The summed E-state index contributed by atoms with van der Waals surface area (Å²) >= 11 is 1.19. The Morgan fingerprint density at radius 2 is 1.86 bits per heavy atom. The van der Waals surface area contributed by atoms with E-state index in [0.717, 1.165) is 16.8 Å². The fourth-order valence-electron chi connectivity index (χ4n) is 1.65. The van der Waals surface area contributed by atoms with Crippen LogP contribution in [0.1, 0.15) is 11.1 Å². The molecule has 0 unspecified atom stereocenters. The van der Waals surface area contributed by atoms with Crippen molar-refractivity contribution in [1.29, 1.82) is 0 Å². The number of hydrogen-bond donors (Lipinski definition) is 1. The van der Waals surface area contributed by atoms with Gasteiger partial charge in [-0.2, -0.15) is 0 Å². The van der Waals surface area contributed by atoms with Crippen molar-refractivity contribution < 1.29 is 4.79 Å². The zero-order valence-corrected chi connectivity index (χ0v) is 12.3. The molecule has 2 rings (SSSR count). The van der Waals surface area contributed by atoms with E-state index < -0.39 is 0 Å². The van der Waals surface area contributed by atoms with E-state index in [2.05, 4.69) is 15.3 Å². The molecule has 2 aromatic rings. The highest BCUT2D eigenvalue weighted by Gasteiger charge is 2.04. The number of amides is 1. The molecule has 0 fully saturated rings. The molecule has 106 valence electrons. The minimum Gasteiger partial charge on any atom is -0.317 e. The van der Waals surface area contributed by atoms with E-state index >= 15 is 0 Å². The first-order valence-corrected chi connectivity index (χ1v) is 7.30. The van der Waals surface area contributed by atoms with Crippen LogP contribution in [0.3, 0.4) is 0 Å². The molecular formula is C15H14N4OS. The first-order valence-electron chi connectivity index (χ1n) is 6.32. The van der Waals surface area contributed by atoms with E-state index in [9.17, 15) is 4.79 Å². The number of benzene rings is 2. The number of anilines is 1. The largest absolute Gasteiger partial charge is 0.317 e. The van der Waals surface area contributed by atoms with Gasteiger partial charge in [0.05, 0.1) is 0 Å². The Hall–Kier alpha value is -2.43. The molecule has 0 spiro atoms. The zero-order valence-electron chi connectivity index (χ0n) is 11.5. The fraction of sp³-hybridized carbons (Fsp3) is 0.133. The Bertz CT molecular complexity index is 661. The molecule has 0 atom stereocenters. The van der Waals surface area contributed by atoms with Crippen LogP contribution in [0.4, 0.5) is 16.2 Å². The van der Waals surface area contributed by atoms with Gasteiger partial charge in [0.2, 0.25) is 0 Å². The molecule has 6 heteroatoms. The third kappa shape index (κ3) is 4.87. The highest BCUT2D eigenvalue weighted by atomic mass is 32.2. The molecule has 0 radical (unpaired) electrons. The molecule has 1 amide bonds. The van der Waals surface area contributed by atoms with E-state index in [-0.39, 0.29) is 5.24 Å². The van der Waals surface area contributed by atoms with Crippen LogP contribution < -0.4 is 5.32 Å². The van der Waals surface area contributed by atoms with E-state index in [0.29, 0.717) is 11.4 Å². The number of aryl methyl sites for hydroxylation is 1. The van der Waals surface area contributed by atoms with Gasteiger partial charge in [0, 0.05) is 22.0 Å². The number of carbonyl (C=O) groups is 1. The van der Waals surface area contributed by atoms with E-state index in [1.54, 1.807) is 12.1 Å². The molecule has 21 heavy (non-hydrogen) atoms. The van der Waals surface area contributed by atoms with Gasteiger partial charge in [0.1, 0.15) is 0 Å². The third-order valence-corrected chi connectivity index (χ3v) is 3.61. The number of azide groups is 1. The Morgan fingerprint density at radius 3 is 2.48 bits per heavy atom. The summed E-state index contributed by atoms with van der Waals surface area (Å²) in [5, 5.41) is 6.23. The molecule has 0 aliphatic rings. The van der Waals surface area contributed by atoms with Crippen LogP contribution >= 0.6 is 11.8 Å². The lowest BCUT2D eigenvalue weighted by Gasteiger charge is -2.05. The summed E-state index contributed by atoms with van der Waals surface area (Å²) in [4.78, 5) is 14.5. The van der Waals surface area contributed by atoms with Gasteiger partial charge in [-0.15, -0.1) is 0 Å². The minimum absolute atomic E-state index is 0.0991. The van der Waals surface area contributed by atoms with E-state index in [1.165, 1.54) is 11.8 Å². The normalized spacial score (nSPS) is 9.76. The second-order valence-corrected chi connectivity index (χ2v) is 5.37. The van der Waals surface area contributed by atoms with Gasteiger partial charge in [-0.25, -0.2) is 0 Å². The monoisotopic (exact) mass is 298 g/mol. The van der Waals surface area contributed by atoms with Crippen molar-refractivity contribution in [2.75, 3.05) is 5.32 Å². The number of rotatable bonds is 4. The quantitative estimate of drug-likeness (QED) is 0.466. The maximum absolute atomic E-state index is 11.8. The first-order chi connectivity index (χ1) is 10.2. The van der Waals surface area contributed by atoms with Crippen LogP contribution in [0.15, 0.2) is 53.6 Å². The van der Waals surface area contributed by atoms with Crippen molar-refractivity contribution in [2.24, 2.45) is 5.11 Å².